The number of phenols is 1. The molecule has 1 aromatic rings. The maximum absolute atomic E-state index is 10.3. The van der Waals surface area contributed by atoms with E-state index in [9.17, 15) is 5.11 Å². The average Bonchev–Trinajstić information content (AvgIpc) is 3.04. The molecule has 2 aliphatic carbocycles. The summed E-state index contributed by atoms with van der Waals surface area (Å²) in [5.41, 5.74) is 4.84. The number of aromatic hydroxyl groups is 1. The highest BCUT2D eigenvalue weighted by molar-refractivity contribution is 5.74. The van der Waals surface area contributed by atoms with E-state index in [4.69, 9.17) is 0 Å². The Kier molecular flexibility index (Phi) is 2.10. The van der Waals surface area contributed by atoms with Crippen molar-refractivity contribution in [2.45, 2.75) is 39.0 Å². The molecule has 0 bridgehead atoms. The van der Waals surface area contributed by atoms with Gasteiger partial charge in [-0.15, -0.1) is 0 Å². The monoisotopic (exact) mass is 214 g/mol. The van der Waals surface area contributed by atoms with E-state index in [0.717, 1.165) is 23.5 Å². The van der Waals surface area contributed by atoms with Gasteiger partial charge in [0, 0.05) is 5.56 Å². The summed E-state index contributed by atoms with van der Waals surface area (Å²) in [6, 6.07) is 4.31. The molecule has 1 N–H and O–H groups in total. The fourth-order valence-corrected chi connectivity index (χ4v) is 2.81. The zero-order valence-corrected chi connectivity index (χ0v) is 9.96. The maximum atomic E-state index is 10.3. The molecule has 0 amide bonds. The van der Waals surface area contributed by atoms with E-state index in [1.165, 1.54) is 24.0 Å². The summed E-state index contributed by atoms with van der Waals surface area (Å²) >= 11 is 0. The molecule has 0 saturated heterocycles. The quantitative estimate of drug-likeness (QED) is 0.792. The van der Waals surface area contributed by atoms with Crippen molar-refractivity contribution in [3.8, 4) is 5.75 Å². The summed E-state index contributed by atoms with van der Waals surface area (Å²) in [7, 11) is 0. The highest BCUT2D eigenvalue weighted by Gasteiger charge is 2.31. The van der Waals surface area contributed by atoms with Crippen LogP contribution in [0.5, 0.6) is 5.75 Å². The van der Waals surface area contributed by atoms with Crippen LogP contribution in [0.3, 0.4) is 0 Å². The molecule has 2 aliphatic rings. The Morgan fingerprint density at radius 3 is 2.75 bits per heavy atom. The van der Waals surface area contributed by atoms with Crippen LogP contribution >= 0.6 is 0 Å². The molecule has 1 atom stereocenters. The van der Waals surface area contributed by atoms with Crippen LogP contribution in [0, 0.1) is 5.92 Å². The van der Waals surface area contributed by atoms with Gasteiger partial charge in [-0.25, -0.2) is 0 Å². The van der Waals surface area contributed by atoms with E-state index in [0.29, 0.717) is 11.7 Å². The number of hydrogen-bond acceptors (Lipinski definition) is 1. The fourth-order valence-electron chi connectivity index (χ4n) is 2.81. The molecule has 1 aromatic carbocycles. The molecule has 0 aliphatic heterocycles. The van der Waals surface area contributed by atoms with Gasteiger partial charge in [-0.1, -0.05) is 25.1 Å². The second kappa shape index (κ2) is 3.38. The van der Waals surface area contributed by atoms with Crippen LogP contribution in [-0.4, -0.2) is 5.11 Å². The molecule has 1 unspecified atom stereocenters. The van der Waals surface area contributed by atoms with Gasteiger partial charge in [0.1, 0.15) is 5.75 Å². The molecule has 16 heavy (non-hydrogen) atoms. The largest absolute Gasteiger partial charge is 0.507 e. The smallest absolute Gasteiger partial charge is 0.123 e. The molecular formula is C15H18O. The molecule has 0 radical (unpaired) electrons. The molecule has 1 heteroatoms. The van der Waals surface area contributed by atoms with E-state index in [1.807, 2.05) is 0 Å². The number of rotatable bonds is 2. The van der Waals surface area contributed by atoms with Gasteiger partial charge in [0.2, 0.25) is 0 Å². The van der Waals surface area contributed by atoms with Crippen LogP contribution in [0.25, 0.3) is 5.57 Å². The van der Waals surface area contributed by atoms with Gasteiger partial charge in [-0.2, -0.15) is 0 Å². The SMILES string of the molecule is CC1=CCc2c1ccc(C(C)C1CC1)c2O. The highest BCUT2D eigenvalue weighted by atomic mass is 16.3. The molecule has 1 fully saturated rings. The second-order valence-electron chi connectivity index (χ2n) is 5.25. The van der Waals surface area contributed by atoms with Crippen molar-refractivity contribution >= 4 is 5.57 Å². The molecule has 3 rings (SSSR count). The van der Waals surface area contributed by atoms with Gasteiger partial charge >= 0.3 is 0 Å². The Balaban J connectivity index is 2.03. The predicted octanol–water partition coefficient (Wildman–Crippen LogP) is 3.87. The van der Waals surface area contributed by atoms with Gasteiger partial charge < -0.3 is 5.11 Å². The van der Waals surface area contributed by atoms with Crippen molar-refractivity contribution in [3.05, 3.63) is 34.9 Å². The minimum atomic E-state index is 0.520. The molecule has 84 valence electrons. The Hall–Kier alpha value is -1.24. The highest BCUT2D eigenvalue weighted by Crippen LogP contribution is 2.47. The molecule has 0 aromatic heterocycles. The van der Waals surface area contributed by atoms with Gasteiger partial charge in [0.25, 0.3) is 0 Å². The van der Waals surface area contributed by atoms with E-state index in [2.05, 4.69) is 32.1 Å². The third-order valence-corrected chi connectivity index (χ3v) is 4.17. The second-order valence-corrected chi connectivity index (χ2v) is 5.25. The van der Waals surface area contributed by atoms with E-state index in [1.54, 1.807) is 0 Å². The number of allylic oxidation sites excluding steroid dienone is 2. The van der Waals surface area contributed by atoms with Crippen molar-refractivity contribution in [2.75, 3.05) is 0 Å². The topological polar surface area (TPSA) is 20.2 Å². The van der Waals surface area contributed by atoms with E-state index in [-0.39, 0.29) is 0 Å². The number of hydrogen-bond donors (Lipinski definition) is 1. The summed E-state index contributed by atoms with van der Waals surface area (Å²) in [6.07, 6.45) is 5.76. The van der Waals surface area contributed by atoms with E-state index < -0.39 is 0 Å². The van der Waals surface area contributed by atoms with Gasteiger partial charge in [-0.3, -0.25) is 0 Å². The van der Waals surface area contributed by atoms with Crippen LogP contribution in [0.2, 0.25) is 0 Å². The lowest BCUT2D eigenvalue weighted by Crippen LogP contribution is -1.99. The third-order valence-electron chi connectivity index (χ3n) is 4.17. The molecular weight excluding hydrogens is 196 g/mol. The first kappa shape index (κ1) is 9.95. The first-order chi connectivity index (χ1) is 7.68. The lowest BCUT2D eigenvalue weighted by atomic mass is 9.91. The van der Waals surface area contributed by atoms with Gasteiger partial charge in [-0.05, 0) is 54.7 Å². The van der Waals surface area contributed by atoms with Crippen molar-refractivity contribution < 1.29 is 5.11 Å². The minimum absolute atomic E-state index is 0.520. The summed E-state index contributed by atoms with van der Waals surface area (Å²) in [5, 5.41) is 10.3. The van der Waals surface area contributed by atoms with Crippen molar-refractivity contribution in [1.82, 2.24) is 0 Å². The summed E-state index contributed by atoms with van der Waals surface area (Å²) in [4.78, 5) is 0. The van der Waals surface area contributed by atoms with Crippen LogP contribution in [0.4, 0.5) is 0 Å². The van der Waals surface area contributed by atoms with Crippen molar-refractivity contribution in [2.24, 2.45) is 5.92 Å². The predicted molar refractivity (Wildman–Crippen MR) is 66.6 cm³/mol. The van der Waals surface area contributed by atoms with Crippen molar-refractivity contribution in [3.63, 3.8) is 0 Å². The number of phenolic OH excluding ortho intramolecular Hbond substituents is 1. The van der Waals surface area contributed by atoms with Crippen molar-refractivity contribution in [1.29, 1.82) is 0 Å². The summed E-state index contributed by atoms with van der Waals surface area (Å²) in [6.45, 7) is 4.36. The molecule has 1 saturated carbocycles. The normalized spacial score (nSPS) is 20.5. The number of fused-ring (bicyclic) bond motifs is 1. The van der Waals surface area contributed by atoms with E-state index >= 15 is 0 Å². The molecule has 0 spiro atoms. The fraction of sp³-hybridized carbons (Fsp3) is 0.467. The summed E-state index contributed by atoms with van der Waals surface area (Å²) in [5.74, 6) is 1.88. The van der Waals surface area contributed by atoms with Crippen LogP contribution in [0.1, 0.15) is 49.3 Å². The Labute approximate surface area is 96.8 Å². The maximum Gasteiger partial charge on any atom is 0.123 e. The minimum Gasteiger partial charge on any atom is -0.507 e. The first-order valence-electron chi connectivity index (χ1n) is 6.20. The Morgan fingerprint density at radius 1 is 1.31 bits per heavy atom. The third kappa shape index (κ3) is 1.38. The lowest BCUT2D eigenvalue weighted by Gasteiger charge is -2.15. The standard InChI is InChI=1S/C15H18O/c1-9-3-6-14-12(9)7-8-13(15(14)16)10(2)11-4-5-11/h3,7-8,10-11,16H,4-6H2,1-2H3. The van der Waals surface area contributed by atoms with Crippen LogP contribution in [-0.2, 0) is 6.42 Å². The Morgan fingerprint density at radius 2 is 2.06 bits per heavy atom. The van der Waals surface area contributed by atoms with Gasteiger partial charge in [0.05, 0.1) is 0 Å². The average molecular weight is 214 g/mol. The first-order valence-corrected chi connectivity index (χ1v) is 6.20. The zero-order chi connectivity index (χ0) is 11.3. The molecule has 0 heterocycles. The Bertz CT molecular complexity index is 467. The summed E-state index contributed by atoms with van der Waals surface area (Å²) < 4.78 is 0. The van der Waals surface area contributed by atoms with Crippen LogP contribution < -0.4 is 0 Å². The molecule has 1 nitrogen and oxygen atoms in total. The lowest BCUT2D eigenvalue weighted by molar-refractivity contribution is 0.453. The number of benzene rings is 1. The zero-order valence-electron chi connectivity index (χ0n) is 9.96. The van der Waals surface area contributed by atoms with Gasteiger partial charge in [0.15, 0.2) is 0 Å². The van der Waals surface area contributed by atoms with Crippen LogP contribution in [0.15, 0.2) is 18.2 Å².